The molecule has 3 atom stereocenters. The second-order valence-corrected chi connectivity index (χ2v) is 7.22. The number of primary amides is 1. The minimum absolute atomic E-state index is 0.102. The molecule has 0 bridgehead atoms. The number of benzene rings is 1. The van der Waals surface area contributed by atoms with Crippen LogP contribution in [0.2, 0.25) is 0 Å². The first-order valence-electron chi connectivity index (χ1n) is 8.46. The van der Waals surface area contributed by atoms with Crippen LogP contribution in [-0.2, 0) is 20.8 Å². The molecule has 4 rings (SSSR count). The van der Waals surface area contributed by atoms with E-state index >= 15 is 0 Å². The molecular weight excluding hydrogens is 354 g/mol. The highest BCUT2D eigenvalue weighted by Gasteiger charge is 2.60. The van der Waals surface area contributed by atoms with Gasteiger partial charge in [0.25, 0.3) is 5.91 Å². The number of amides is 1. The topological polar surface area (TPSA) is 158 Å². The van der Waals surface area contributed by atoms with E-state index < -0.39 is 52.0 Å². The summed E-state index contributed by atoms with van der Waals surface area (Å²) in [5.74, 6) is -6.14. The second kappa shape index (κ2) is 5.43. The highest BCUT2D eigenvalue weighted by Crippen LogP contribution is 2.51. The number of carbonyl (C=O) groups excluding carboxylic acids is 3. The van der Waals surface area contributed by atoms with Gasteiger partial charge in [-0.25, -0.2) is 0 Å². The molecule has 8 nitrogen and oxygen atoms in total. The summed E-state index contributed by atoms with van der Waals surface area (Å²) in [4.78, 5) is 36.8. The standard InChI is InChI=1S/C19H17NO7/c20-18(26)14-11(22)6-9-5-8-4-7-2-1-3-10(21)12(7)15(23)13(8)16(24)19(9,27)17(14)25/h1-3,8-9,21,23,25,27H,4-6H2,(H2,20,26)/t8?,9?,19-/m1/s1. The molecule has 1 fully saturated rings. The molecule has 27 heavy (non-hydrogen) atoms. The Balaban J connectivity index is 1.93. The molecule has 0 spiro atoms. The van der Waals surface area contributed by atoms with Crippen molar-refractivity contribution in [2.24, 2.45) is 17.6 Å². The maximum absolute atomic E-state index is 13.1. The van der Waals surface area contributed by atoms with Crippen LogP contribution in [0.25, 0.3) is 5.76 Å². The lowest BCUT2D eigenvalue weighted by molar-refractivity contribution is -0.147. The predicted octanol–water partition coefficient (Wildman–Crippen LogP) is 0.424. The first-order chi connectivity index (χ1) is 12.7. The van der Waals surface area contributed by atoms with Crippen molar-refractivity contribution < 1.29 is 34.8 Å². The van der Waals surface area contributed by atoms with E-state index in [0.29, 0.717) is 12.0 Å². The van der Waals surface area contributed by atoms with Crippen LogP contribution in [-0.4, -0.2) is 43.5 Å². The van der Waals surface area contributed by atoms with E-state index in [-0.39, 0.29) is 29.7 Å². The van der Waals surface area contributed by atoms with Crippen LogP contribution in [0, 0.1) is 11.8 Å². The molecule has 3 aliphatic carbocycles. The van der Waals surface area contributed by atoms with Gasteiger partial charge in [-0.1, -0.05) is 12.1 Å². The minimum atomic E-state index is -2.51. The number of aliphatic hydroxyl groups excluding tert-OH is 2. The molecule has 0 saturated heterocycles. The molecule has 140 valence electrons. The first kappa shape index (κ1) is 17.3. The Bertz CT molecular complexity index is 990. The number of ketones is 2. The molecule has 0 aromatic heterocycles. The first-order valence-corrected chi connectivity index (χ1v) is 8.46. The van der Waals surface area contributed by atoms with Gasteiger partial charge in [-0.05, 0) is 30.4 Å². The van der Waals surface area contributed by atoms with E-state index in [1.54, 1.807) is 12.1 Å². The van der Waals surface area contributed by atoms with E-state index in [1.807, 2.05) is 0 Å². The Kier molecular flexibility index (Phi) is 3.48. The van der Waals surface area contributed by atoms with Crippen molar-refractivity contribution in [1.29, 1.82) is 0 Å². The molecule has 0 heterocycles. The number of hydrogen-bond acceptors (Lipinski definition) is 7. The van der Waals surface area contributed by atoms with E-state index in [4.69, 9.17) is 5.73 Å². The van der Waals surface area contributed by atoms with Gasteiger partial charge in [-0.15, -0.1) is 0 Å². The zero-order chi connectivity index (χ0) is 19.7. The molecular formula is C19H17NO7. The van der Waals surface area contributed by atoms with Crippen molar-refractivity contribution in [3.63, 3.8) is 0 Å². The van der Waals surface area contributed by atoms with E-state index in [2.05, 4.69) is 0 Å². The van der Waals surface area contributed by atoms with Crippen LogP contribution in [0.15, 0.2) is 35.1 Å². The van der Waals surface area contributed by atoms with Gasteiger partial charge < -0.3 is 26.2 Å². The summed E-state index contributed by atoms with van der Waals surface area (Å²) in [5.41, 5.74) is 2.42. The highest BCUT2D eigenvalue weighted by atomic mass is 16.3. The molecule has 1 amide bonds. The fourth-order valence-corrected chi connectivity index (χ4v) is 4.56. The van der Waals surface area contributed by atoms with Crippen LogP contribution in [0.3, 0.4) is 0 Å². The van der Waals surface area contributed by atoms with Crippen molar-refractivity contribution >= 4 is 23.2 Å². The average Bonchev–Trinajstić information content (AvgIpc) is 2.57. The van der Waals surface area contributed by atoms with Crippen molar-refractivity contribution in [2.45, 2.75) is 24.9 Å². The number of carbonyl (C=O) groups is 3. The highest BCUT2D eigenvalue weighted by molar-refractivity contribution is 6.22. The van der Waals surface area contributed by atoms with Crippen LogP contribution < -0.4 is 5.73 Å². The lowest BCUT2D eigenvalue weighted by Gasteiger charge is -2.46. The lowest BCUT2D eigenvalue weighted by atomic mass is 9.59. The number of phenols is 1. The van der Waals surface area contributed by atoms with E-state index in [0.717, 1.165) is 0 Å². The quantitative estimate of drug-likeness (QED) is 0.448. The fraction of sp³-hybridized carbons (Fsp3) is 0.316. The molecule has 6 N–H and O–H groups in total. The van der Waals surface area contributed by atoms with E-state index in [1.165, 1.54) is 6.07 Å². The van der Waals surface area contributed by atoms with Crippen molar-refractivity contribution in [3.05, 3.63) is 46.2 Å². The number of Topliss-reactive ketones (excluding diaryl/α,β-unsaturated/α-hetero) is 2. The third kappa shape index (κ3) is 2.10. The predicted molar refractivity (Wildman–Crippen MR) is 91.4 cm³/mol. The molecule has 2 unspecified atom stereocenters. The number of hydrogen-bond donors (Lipinski definition) is 5. The number of phenolic OH excluding ortho intramolecular Hbond substituents is 1. The van der Waals surface area contributed by atoms with Crippen molar-refractivity contribution in [3.8, 4) is 5.75 Å². The monoisotopic (exact) mass is 371 g/mol. The number of fused-ring (bicyclic) bond motifs is 3. The molecule has 1 saturated carbocycles. The molecule has 3 aliphatic rings. The van der Waals surface area contributed by atoms with Gasteiger partial charge in [-0.3, -0.25) is 14.4 Å². The normalized spacial score (nSPS) is 30.0. The Morgan fingerprint density at radius 3 is 2.52 bits per heavy atom. The summed E-state index contributed by atoms with van der Waals surface area (Å²) in [7, 11) is 0. The van der Waals surface area contributed by atoms with Gasteiger partial charge in [0.15, 0.2) is 11.4 Å². The average molecular weight is 371 g/mol. The van der Waals surface area contributed by atoms with Crippen LogP contribution in [0.5, 0.6) is 5.75 Å². The van der Waals surface area contributed by atoms with Gasteiger partial charge in [0, 0.05) is 17.9 Å². The maximum Gasteiger partial charge on any atom is 0.255 e. The smallest absolute Gasteiger partial charge is 0.255 e. The Labute approximate surface area is 153 Å². The molecule has 1 aromatic rings. The van der Waals surface area contributed by atoms with Crippen molar-refractivity contribution in [1.82, 2.24) is 0 Å². The summed E-state index contributed by atoms with van der Waals surface area (Å²) in [6, 6.07) is 4.69. The van der Waals surface area contributed by atoms with Crippen LogP contribution in [0.4, 0.5) is 0 Å². The fourth-order valence-electron chi connectivity index (χ4n) is 4.56. The van der Waals surface area contributed by atoms with Crippen molar-refractivity contribution in [2.75, 3.05) is 0 Å². The van der Waals surface area contributed by atoms with Gasteiger partial charge in [0.2, 0.25) is 5.78 Å². The third-order valence-electron chi connectivity index (χ3n) is 5.80. The lowest BCUT2D eigenvalue weighted by Crippen LogP contribution is -2.58. The molecule has 0 radical (unpaired) electrons. The summed E-state index contributed by atoms with van der Waals surface area (Å²) < 4.78 is 0. The number of aromatic hydroxyl groups is 1. The second-order valence-electron chi connectivity index (χ2n) is 7.22. The van der Waals surface area contributed by atoms with Crippen LogP contribution in [0.1, 0.15) is 24.0 Å². The number of rotatable bonds is 1. The summed E-state index contributed by atoms with van der Waals surface area (Å²) in [6.07, 6.45) is 0.142. The Morgan fingerprint density at radius 1 is 1.15 bits per heavy atom. The largest absolute Gasteiger partial charge is 0.508 e. The van der Waals surface area contributed by atoms with Crippen LogP contribution >= 0.6 is 0 Å². The third-order valence-corrected chi connectivity index (χ3v) is 5.80. The van der Waals surface area contributed by atoms with Gasteiger partial charge in [0.05, 0.1) is 5.56 Å². The molecule has 0 aliphatic heterocycles. The van der Waals surface area contributed by atoms with Gasteiger partial charge in [0.1, 0.15) is 22.8 Å². The SMILES string of the molecule is NC(=O)C1=C(O)[C@]2(O)C(=O)C3=C(O)c4c(O)cccc4CC3CC2CC1=O. The number of nitrogens with two attached hydrogens (primary N) is 1. The summed E-state index contributed by atoms with van der Waals surface area (Å²) in [5, 5.41) is 42.1. The van der Waals surface area contributed by atoms with E-state index in [9.17, 15) is 34.8 Å². The molecule has 1 aromatic carbocycles. The van der Waals surface area contributed by atoms with Gasteiger partial charge >= 0.3 is 0 Å². The summed E-state index contributed by atoms with van der Waals surface area (Å²) >= 11 is 0. The Hall–Kier alpha value is -3.13. The minimum Gasteiger partial charge on any atom is -0.508 e. The maximum atomic E-state index is 13.1. The zero-order valence-electron chi connectivity index (χ0n) is 14.1. The zero-order valence-corrected chi connectivity index (χ0v) is 14.1. The van der Waals surface area contributed by atoms with Gasteiger partial charge in [-0.2, -0.15) is 0 Å². The number of aliphatic hydroxyl groups is 3. The molecule has 8 heteroatoms. The summed E-state index contributed by atoms with van der Waals surface area (Å²) in [6.45, 7) is 0. The Morgan fingerprint density at radius 2 is 1.85 bits per heavy atom.